The van der Waals surface area contributed by atoms with Crippen LogP contribution in [0.15, 0.2) is 36.4 Å². The Kier molecular flexibility index (Phi) is 7.09. The van der Waals surface area contributed by atoms with Crippen LogP contribution in [0.25, 0.3) is 0 Å². The third kappa shape index (κ3) is 5.34. The van der Waals surface area contributed by atoms with Crippen molar-refractivity contribution in [3.05, 3.63) is 42.0 Å². The van der Waals surface area contributed by atoms with Gasteiger partial charge in [0.1, 0.15) is 22.8 Å². The zero-order valence-corrected chi connectivity index (χ0v) is 12.5. The van der Waals surface area contributed by atoms with Crippen molar-refractivity contribution in [1.82, 2.24) is 0 Å². The Morgan fingerprint density at radius 2 is 1.67 bits per heavy atom. The minimum absolute atomic E-state index is 0.0636. The number of allylic oxidation sites excluding steroid dienone is 4. The van der Waals surface area contributed by atoms with Crippen molar-refractivity contribution in [2.24, 2.45) is 0 Å². The largest absolute Gasteiger partial charge is 0.507 e. The minimum atomic E-state index is -0.326. The molecule has 1 rings (SSSR count). The molecule has 0 heterocycles. The number of unbranched alkanes of at least 4 members (excludes halogenated alkanes) is 1. The van der Waals surface area contributed by atoms with E-state index >= 15 is 0 Å². The van der Waals surface area contributed by atoms with Gasteiger partial charge in [-0.2, -0.15) is 0 Å². The zero-order chi connectivity index (χ0) is 15.7. The van der Waals surface area contributed by atoms with Gasteiger partial charge >= 0.3 is 0 Å². The lowest BCUT2D eigenvalue weighted by molar-refractivity contribution is 0.0990. The van der Waals surface area contributed by atoms with Crippen molar-refractivity contribution in [2.75, 3.05) is 7.11 Å². The maximum absolute atomic E-state index is 12.0. The Bertz CT molecular complexity index is 507. The zero-order valence-electron chi connectivity index (χ0n) is 12.5. The van der Waals surface area contributed by atoms with Crippen molar-refractivity contribution in [2.45, 2.75) is 32.6 Å². The summed E-state index contributed by atoms with van der Waals surface area (Å²) < 4.78 is 4.90. The average Bonchev–Trinajstić information content (AvgIpc) is 2.45. The molecule has 0 aliphatic heterocycles. The highest BCUT2D eigenvalue weighted by atomic mass is 16.5. The second-order valence-corrected chi connectivity index (χ2v) is 4.60. The predicted molar refractivity (Wildman–Crippen MR) is 83.1 cm³/mol. The summed E-state index contributed by atoms with van der Waals surface area (Å²) in [4.78, 5) is 12.0. The molecule has 0 aromatic heterocycles. The van der Waals surface area contributed by atoms with Gasteiger partial charge in [-0.15, -0.1) is 0 Å². The molecule has 21 heavy (non-hydrogen) atoms. The van der Waals surface area contributed by atoms with Crippen LogP contribution in [0.5, 0.6) is 17.2 Å². The first kappa shape index (κ1) is 16.8. The van der Waals surface area contributed by atoms with Gasteiger partial charge in [-0.05, 0) is 19.3 Å². The van der Waals surface area contributed by atoms with Gasteiger partial charge < -0.3 is 14.9 Å². The van der Waals surface area contributed by atoms with Gasteiger partial charge in [-0.25, -0.2) is 0 Å². The summed E-state index contributed by atoms with van der Waals surface area (Å²) >= 11 is 0. The van der Waals surface area contributed by atoms with Crippen molar-refractivity contribution in [3.8, 4) is 17.2 Å². The van der Waals surface area contributed by atoms with Gasteiger partial charge in [0.25, 0.3) is 0 Å². The molecule has 0 saturated carbocycles. The average molecular weight is 290 g/mol. The Morgan fingerprint density at radius 1 is 1.10 bits per heavy atom. The van der Waals surface area contributed by atoms with Crippen molar-refractivity contribution < 1.29 is 19.7 Å². The van der Waals surface area contributed by atoms with E-state index in [2.05, 4.69) is 19.1 Å². The van der Waals surface area contributed by atoms with Crippen LogP contribution in [0.3, 0.4) is 0 Å². The summed E-state index contributed by atoms with van der Waals surface area (Å²) in [5.41, 5.74) is -0.0636. The SMILES string of the molecule is CCC=CCCC=CCC(=O)c1c(O)cc(OC)cc1O. The number of phenols is 2. The van der Waals surface area contributed by atoms with Gasteiger partial charge in [0.15, 0.2) is 5.78 Å². The number of ketones is 1. The minimum Gasteiger partial charge on any atom is -0.507 e. The van der Waals surface area contributed by atoms with Crippen molar-refractivity contribution in [3.63, 3.8) is 0 Å². The number of phenolic OH excluding ortho intramolecular Hbond substituents is 2. The van der Waals surface area contributed by atoms with Crippen LogP contribution in [-0.4, -0.2) is 23.1 Å². The maximum Gasteiger partial charge on any atom is 0.174 e. The second-order valence-electron chi connectivity index (χ2n) is 4.60. The van der Waals surface area contributed by atoms with Gasteiger partial charge in [0, 0.05) is 18.6 Å². The molecule has 0 bridgehead atoms. The molecule has 0 amide bonds. The molecule has 0 aliphatic carbocycles. The second kappa shape index (κ2) is 8.84. The number of rotatable bonds is 8. The summed E-state index contributed by atoms with van der Waals surface area (Å²) in [5, 5.41) is 19.6. The van der Waals surface area contributed by atoms with E-state index in [9.17, 15) is 15.0 Å². The van der Waals surface area contributed by atoms with Gasteiger partial charge in [-0.3, -0.25) is 4.79 Å². The quantitative estimate of drug-likeness (QED) is 0.432. The number of hydrogen-bond acceptors (Lipinski definition) is 4. The molecule has 0 spiro atoms. The van der Waals surface area contributed by atoms with E-state index in [4.69, 9.17) is 4.74 Å². The van der Waals surface area contributed by atoms with Gasteiger partial charge in [0.2, 0.25) is 0 Å². The van der Waals surface area contributed by atoms with Crippen LogP contribution in [0.2, 0.25) is 0 Å². The third-order valence-electron chi connectivity index (χ3n) is 2.96. The molecule has 0 radical (unpaired) electrons. The number of hydrogen-bond donors (Lipinski definition) is 2. The van der Waals surface area contributed by atoms with E-state index in [-0.39, 0.29) is 29.3 Å². The topological polar surface area (TPSA) is 66.8 Å². The normalized spacial score (nSPS) is 11.3. The molecule has 0 atom stereocenters. The van der Waals surface area contributed by atoms with E-state index in [1.54, 1.807) is 6.08 Å². The van der Waals surface area contributed by atoms with E-state index < -0.39 is 0 Å². The molecule has 0 aliphatic rings. The molecular formula is C17H22O4. The van der Waals surface area contributed by atoms with Crippen LogP contribution < -0.4 is 4.74 Å². The maximum atomic E-state index is 12.0. The van der Waals surface area contributed by atoms with E-state index in [1.807, 2.05) is 6.08 Å². The molecular weight excluding hydrogens is 268 g/mol. The number of aromatic hydroxyl groups is 2. The lowest BCUT2D eigenvalue weighted by Crippen LogP contribution is -1.99. The fourth-order valence-electron chi connectivity index (χ4n) is 1.88. The number of carbonyl (C=O) groups excluding carboxylic acids is 1. The van der Waals surface area contributed by atoms with Crippen molar-refractivity contribution in [1.29, 1.82) is 0 Å². The Morgan fingerprint density at radius 3 is 2.19 bits per heavy atom. The molecule has 2 N–H and O–H groups in total. The van der Waals surface area contributed by atoms with Crippen LogP contribution in [0, 0.1) is 0 Å². The van der Waals surface area contributed by atoms with Crippen LogP contribution >= 0.6 is 0 Å². The van der Waals surface area contributed by atoms with Gasteiger partial charge in [-0.1, -0.05) is 31.2 Å². The summed E-state index contributed by atoms with van der Waals surface area (Å²) in [6.45, 7) is 2.08. The number of Topliss-reactive ketones (excluding diaryl/α,β-unsaturated/α-hetero) is 1. The molecule has 4 heteroatoms. The Balaban J connectivity index is 2.60. The fourth-order valence-corrected chi connectivity index (χ4v) is 1.88. The molecule has 0 saturated heterocycles. The molecule has 114 valence electrons. The van der Waals surface area contributed by atoms with E-state index in [0.717, 1.165) is 19.3 Å². The molecule has 0 unspecified atom stereocenters. The lowest BCUT2D eigenvalue weighted by Gasteiger charge is -2.07. The first-order valence-corrected chi connectivity index (χ1v) is 7.03. The highest BCUT2D eigenvalue weighted by Crippen LogP contribution is 2.33. The Hall–Kier alpha value is -2.23. The standard InChI is InChI=1S/C17H22O4/c1-3-4-5-6-7-8-9-10-14(18)17-15(19)11-13(21-2)12-16(17)20/h4-5,8-9,11-12,19-20H,3,6-7,10H2,1-2H3. The number of ether oxygens (including phenoxy) is 1. The molecule has 0 fully saturated rings. The molecule has 1 aromatic rings. The van der Waals surface area contributed by atoms with Gasteiger partial charge in [0.05, 0.1) is 7.11 Å². The molecule has 4 nitrogen and oxygen atoms in total. The third-order valence-corrected chi connectivity index (χ3v) is 2.96. The smallest absolute Gasteiger partial charge is 0.174 e. The first-order chi connectivity index (χ1) is 10.1. The molecule has 1 aromatic carbocycles. The lowest BCUT2D eigenvalue weighted by atomic mass is 10.0. The number of methoxy groups -OCH3 is 1. The van der Waals surface area contributed by atoms with Crippen molar-refractivity contribution >= 4 is 5.78 Å². The first-order valence-electron chi connectivity index (χ1n) is 7.03. The van der Waals surface area contributed by atoms with E-state index in [1.165, 1.54) is 19.2 Å². The fraction of sp³-hybridized carbons (Fsp3) is 0.353. The van der Waals surface area contributed by atoms with Crippen LogP contribution in [0.1, 0.15) is 43.0 Å². The number of benzene rings is 1. The van der Waals surface area contributed by atoms with Crippen LogP contribution in [-0.2, 0) is 0 Å². The summed E-state index contributed by atoms with van der Waals surface area (Å²) in [5.74, 6) is -0.555. The summed E-state index contributed by atoms with van der Waals surface area (Å²) in [7, 11) is 1.42. The highest BCUT2D eigenvalue weighted by molar-refractivity contribution is 6.02. The monoisotopic (exact) mass is 290 g/mol. The summed E-state index contributed by atoms with van der Waals surface area (Å²) in [6.07, 6.45) is 10.9. The predicted octanol–water partition coefficient (Wildman–Crippen LogP) is 3.98. The Labute approximate surface area is 125 Å². The van der Waals surface area contributed by atoms with Crippen LogP contribution in [0.4, 0.5) is 0 Å². The number of carbonyl (C=O) groups is 1. The summed E-state index contributed by atoms with van der Waals surface area (Å²) in [6, 6.07) is 2.62. The van der Waals surface area contributed by atoms with E-state index in [0.29, 0.717) is 5.75 Å². The highest BCUT2D eigenvalue weighted by Gasteiger charge is 2.16.